The van der Waals surface area contributed by atoms with Gasteiger partial charge in [-0.2, -0.15) is 13.2 Å². The van der Waals surface area contributed by atoms with Gasteiger partial charge in [0.15, 0.2) is 0 Å². The van der Waals surface area contributed by atoms with Crippen LogP contribution in [0.5, 0.6) is 0 Å². The van der Waals surface area contributed by atoms with Gasteiger partial charge < -0.3 is 10.0 Å². The smallest absolute Gasteiger partial charge is 0.416 e. The molecule has 0 aliphatic carbocycles. The molecule has 0 amide bonds. The molecule has 0 spiro atoms. The lowest BCUT2D eigenvalue weighted by molar-refractivity contribution is -0.137. The first-order valence-corrected chi connectivity index (χ1v) is 7.23. The highest BCUT2D eigenvalue weighted by Gasteiger charge is 2.32. The molecule has 3 rings (SSSR count). The number of carboxylic acids is 1. The standard InChI is InChI=1S/C17H13F4NO2/c18-15-11(2-1-3-13(15)16(23)24)9-22-7-6-10-8-12(17(19,20)21)4-5-14(10)22/h1-5,8H,6-7,9H2,(H,23,24). The number of halogens is 4. The van der Waals surface area contributed by atoms with Crippen LogP contribution in [0.25, 0.3) is 0 Å². The number of nitrogens with zero attached hydrogens (tertiary/aromatic N) is 1. The minimum absolute atomic E-state index is 0.102. The number of anilines is 1. The Kier molecular flexibility index (Phi) is 3.95. The molecule has 1 N–H and O–H groups in total. The van der Waals surface area contributed by atoms with Crippen LogP contribution < -0.4 is 4.90 Å². The van der Waals surface area contributed by atoms with Gasteiger partial charge in [-0.05, 0) is 36.2 Å². The number of aromatic carboxylic acids is 1. The van der Waals surface area contributed by atoms with Crippen molar-refractivity contribution in [3.05, 3.63) is 64.5 Å². The summed E-state index contributed by atoms with van der Waals surface area (Å²) in [6, 6.07) is 7.59. The number of carbonyl (C=O) groups is 1. The Labute approximate surface area is 135 Å². The monoisotopic (exact) mass is 339 g/mol. The van der Waals surface area contributed by atoms with Crippen LogP contribution in [0.1, 0.15) is 27.0 Å². The molecule has 1 aliphatic rings. The van der Waals surface area contributed by atoms with Crippen LogP contribution in [0.15, 0.2) is 36.4 Å². The van der Waals surface area contributed by atoms with Gasteiger partial charge >= 0.3 is 12.1 Å². The lowest BCUT2D eigenvalue weighted by atomic mass is 10.1. The average Bonchev–Trinajstić information content (AvgIpc) is 2.90. The van der Waals surface area contributed by atoms with Crippen LogP contribution >= 0.6 is 0 Å². The molecule has 1 heterocycles. The molecule has 3 nitrogen and oxygen atoms in total. The van der Waals surface area contributed by atoms with Crippen molar-refractivity contribution in [2.75, 3.05) is 11.4 Å². The van der Waals surface area contributed by atoms with Gasteiger partial charge in [0.05, 0.1) is 11.1 Å². The van der Waals surface area contributed by atoms with Crippen molar-refractivity contribution in [2.45, 2.75) is 19.1 Å². The van der Waals surface area contributed by atoms with Gasteiger partial charge in [-0.15, -0.1) is 0 Å². The second-order valence-corrected chi connectivity index (χ2v) is 5.60. The summed E-state index contributed by atoms with van der Waals surface area (Å²) in [7, 11) is 0. The van der Waals surface area contributed by atoms with Crippen LogP contribution in [0, 0.1) is 5.82 Å². The zero-order valence-electron chi connectivity index (χ0n) is 12.4. The van der Waals surface area contributed by atoms with Crippen LogP contribution in [-0.2, 0) is 19.1 Å². The quantitative estimate of drug-likeness (QED) is 0.856. The Morgan fingerprint density at radius 3 is 2.62 bits per heavy atom. The third-order valence-electron chi connectivity index (χ3n) is 4.07. The number of benzene rings is 2. The Hall–Kier alpha value is -2.57. The maximum atomic E-state index is 14.2. The predicted octanol–water partition coefficient (Wildman–Crippen LogP) is 4.11. The molecule has 0 atom stereocenters. The van der Waals surface area contributed by atoms with E-state index < -0.39 is 29.1 Å². The third kappa shape index (κ3) is 2.93. The van der Waals surface area contributed by atoms with Crippen molar-refractivity contribution in [1.29, 1.82) is 0 Å². The average molecular weight is 339 g/mol. The first-order valence-electron chi connectivity index (χ1n) is 7.23. The van der Waals surface area contributed by atoms with Gasteiger partial charge in [0.1, 0.15) is 5.82 Å². The zero-order valence-corrected chi connectivity index (χ0v) is 12.4. The first-order chi connectivity index (χ1) is 11.3. The maximum Gasteiger partial charge on any atom is 0.416 e. The molecule has 0 saturated heterocycles. The summed E-state index contributed by atoms with van der Waals surface area (Å²) in [6.45, 7) is 0.554. The molecule has 0 unspecified atom stereocenters. The number of carboxylic acid groups (broad SMARTS) is 1. The summed E-state index contributed by atoms with van der Waals surface area (Å²) >= 11 is 0. The minimum atomic E-state index is -4.40. The molecule has 0 saturated carbocycles. The molecule has 0 radical (unpaired) electrons. The van der Waals surface area contributed by atoms with E-state index in [1.165, 1.54) is 24.3 Å². The molecular weight excluding hydrogens is 326 g/mol. The van der Waals surface area contributed by atoms with Gasteiger partial charge in [0.2, 0.25) is 0 Å². The fourth-order valence-corrected chi connectivity index (χ4v) is 2.88. The van der Waals surface area contributed by atoms with Gasteiger partial charge in [-0.1, -0.05) is 12.1 Å². The van der Waals surface area contributed by atoms with Gasteiger partial charge in [0, 0.05) is 24.3 Å². The molecular formula is C17H13F4NO2. The summed E-state index contributed by atoms with van der Waals surface area (Å²) in [5, 5.41) is 8.96. The Bertz CT molecular complexity index is 802. The molecule has 1 aliphatic heterocycles. The number of rotatable bonds is 3. The normalized spacial score (nSPS) is 13.9. The predicted molar refractivity (Wildman–Crippen MR) is 79.6 cm³/mol. The highest BCUT2D eigenvalue weighted by atomic mass is 19.4. The Morgan fingerprint density at radius 2 is 1.96 bits per heavy atom. The summed E-state index contributed by atoms with van der Waals surface area (Å²) < 4.78 is 52.5. The topological polar surface area (TPSA) is 40.5 Å². The van der Waals surface area contributed by atoms with E-state index in [4.69, 9.17) is 5.11 Å². The summed E-state index contributed by atoms with van der Waals surface area (Å²) in [6.07, 6.45) is -3.97. The van der Waals surface area contributed by atoms with E-state index in [2.05, 4.69) is 0 Å². The number of alkyl halides is 3. The highest BCUT2D eigenvalue weighted by molar-refractivity contribution is 5.88. The molecule has 126 valence electrons. The summed E-state index contributed by atoms with van der Waals surface area (Å²) in [5.41, 5.74) is 0.242. The van der Waals surface area contributed by atoms with Crippen LogP contribution in [0.3, 0.4) is 0 Å². The number of hydrogen-bond donors (Lipinski definition) is 1. The molecule has 0 aromatic heterocycles. The second kappa shape index (κ2) is 5.81. The fraction of sp³-hybridized carbons (Fsp3) is 0.235. The highest BCUT2D eigenvalue weighted by Crippen LogP contribution is 2.36. The number of hydrogen-bond acceptors (Lipinski definition) is 2. The van der Waals surface area contributed by atoms with E-state index in [1.807, 2.05) is 0 Å². The van der Waals surface area contributed by atoms with Crippen LogP contribution in [-0.4, -0.2) is 17.6 Å². The molecule has 24 heavy (non-hydrogen) atoms. The molecule has 7 heteroatoms. The van der Waals surface area contributed by atoms with Crippen molar-refractivity contribution >= 4 is 11.7 Å². The first kappa shape index (κ1) is 16.3. The van der Waals surface area contributed by atoms with E-state index in [0.717, 1.165) is 12.1 Å². The lowest BCUT2D eigenvalue weighted by Gasteiger charge is -2.20. The van der Waals surface area contributed by atoms with Crippen molar-refractivity contribution < 1.29 is 27.5 Å². The fourth-order valence-electron chi connectivity index (χ4n) is 2.88. The minimum Gasteiger partial charge on any atom is -0.478 e. The summed E-state index contributed by atoms with van der Waals surface area (Å²) in [4.78, 5) is 12.7. The van der Waals surface area contributed by atoms with Crippen molar-refractivity contribution in [3.8, 4) is 0 Å². The van der Waals surface area contributed by atoms with E-state index in [-0.39, 0.29) is 12.1 Å². The largest absolute Gasteiger partial charge is 0.478 e. The van der Waals surface area contributed by atoms with E-state index in [1.54, 1.807) is 4.90 Å². The molecule has 2 aromatic rings. The van der Waals surface area contributed by atoms with Gasteiger partial charge in [-0.3, -0.25) is 0 Å². The van der Waals surface area contributed by atoms with Gasteiger partial charge in [0.25, 0.3) is 0 Å². The number of fused-ring (bicyclic) bond motifs is 1. The third-order valence-corrected chi connectivity index (χ3v) is 4.07. The Balaban J connectivity index is 1.88. The molecule has 0 bridgehead atoms. The van der Waals surface area contributed by atoms with Crippen molar-refractivity contribution in [2.24, 2.45) is 0 Å². The van der Waals surface area contributed by atoms with E-state index in [9.17, 15) is 22.4 Å². The molecule has 2 aromatic carbocycles. The molecule has 0 fully saturated rings. The SMILES string of the molecule is O=C(O)c1cccc(CN2CCc3cc(C(F)(F)F)ccc32)c1F. The van der Waals surface area contributed by atoms with Gasteiger partial charge in [-0.25, -0.2) is 9.18 Å². The van der Waals surface area contributed by atoms with E-state index >= 15 is 0 Å². The lowest BCUT2D eigenvalue weighted by Crippen LogP contribution is -2.21. The van der Waals surface area contributed by atoms with E-state index in [0.29, 0.717) is 24.2 Å². The second-order valence-electron chi connectivity index (χ2n) is 5.60. The zero-order chi connectivity index (χ0) is 17.5. The Morgan fingerprint density at radius 1 is 1.21 bits per heavy atom. The van der Waals surface area contributed by atoms with Crippen molar-refractivity contribution in [1.82, 2.24) is 0 Å². The maximum absolute atomic E-state index is 14.2. The summed E-state index contributed by atoms with van der Waals surface area (Å²) in [5.74, 6) is -2.17. The van der Waals surface area contributed by atoms with Crippen LogP contribution in [0.4, 0.5) is 23.2 Å². The van der Waals surface area contributed by atoms with Crippen molar-refractivity contribution in [3.63, 3.8) is 0 Å². The van der Waals surface area contributed by atoms with Crippen LogP contribution in [0.2, 0.25) is 0 Å².